The van der Waals surface area contributed by atoms with Crippen LogP contribution in [0.15, 0.2) is 16.5 Å². The van der Waals surface area contributed by atoms with Crippen LogP contribution in [0.25, 0.3) is 11.0 Å². The minimum Gasteiger partial charge on any atom is -0.487 e. The first-order valence-corrected chi connectivity index (χ1v) is 12.5. The summed E-state index contributed by atoms with van der Waals surface area (Å²) in [7, 11) is 0. The molecule has 0 unspecified atom stereocenters. The first-order valence-electron chi connectivity index (χ1n) is 12.5. The monoisotopic (exact) mass is 440 g/mol. The molecule has 5 rings (SSSR count). The third kappa shape index (κ3) is 4.15. The van der Waals surface area contributed by atoms with Crippen molar-refractivity contribution in [3.05, 3.63) is 29.0 Å². The molecule has 6 heteroatoms. The van der Waals surface area contributed by atoms with Crippen LogP contribution >= 0.6 is 0 Å². The van der Waals surface area contributed by atoms with Crippen LogP contribution in [-0.2, 0) is 0 Å². The minimum absolute atomic E-state index is 0.180. The van der Waals surface area contributed by atoms with Gasteiger partial charge in [0.25, 0.3) is 5.91 Å². The van der Waals surface area contributed by atoms with Gasteiger partial charge in [0.05, 0.1) is 6.10 Å². The molecule has 3 aliphatic rings. The molecule has 1 atom stereocenters. The molecule has 1 amide bonds. The van der Waals surface area contributed by atoms with Crippen molar-refractivity contribution in [3.63, 3.8) is 0 Å². The lowest BCUT2D eigenvalue weighted by atomic mass is 9.77. The number of hydrogen-bond donors (Lipinski definition) is 2. The number of hydrogen-bond acceptors (Lipinski definition) is 5. The molecule has 174 valence electrons. The Morgan fingerprint density at radius 1 is 1.16 bits per heavy atom. The van der Waals surface area contributed by atoms with Crippen LogP contribution in [0.3, 0.4) is 0 Å². The number of aliphatic hydroxyl groups excluding tert-OH is 1. The topological polar surface area (TPSA) is 74.9 Å². The zero-order valence-corrected chi connectivity index (χ0v) is 19.3. The molecule has 6 nitrogen and oxygen atoms in total. The molecule has 0 bridgehead atoms. The van der Waals surface area contributed by atoms with E-state index in [-0.39, 0.29) is 11.5 Å². The van der Waals surface area contributed by atoms with E-state index in [0.29, 0.717) is 24.3 Å². The van der Waals surface area contributed by atoms with Crippen molar-refractivity contribution in [1.82, 2.24) is 10.2 Å². The van der Waals surface area contributed by atoms with Gasteiger partial charge in [0.1, 0.15) is 16.9 Å². The van der Waals surface area contributed by atoms with Crippen LogP contribution in [0.2, 0.25) is 0 Å². The summed E-state index contributed by atoms with van der Waals surface area (Å²) in [6.45, 7) is 5.92. The fourth-order valence-electron chi connectivity index (χ4n) is 5.99. The van der Waals surface area contributed by atoms with Gasteiger partial charge in [-0.1, -0.05) is 12.8 Å². The second-order valence-corrected chi connectivity index (χ2v) is 9.98. The second kappa shape index (κ2) is 9.06. The Morgan fingerprint density at radius 3 is 2.69 bits per heavy atom. The molecule has 1 aromatic heterocycles. The predicted octanol–water partition coefficient (Wildman–Crippen LogP) is 4.87. The van der Waals surface area contributed by atoms with Gasteiger partial charge in [-0.05, 0) is 83.6 Å². The SMILES string of the molecule is Cc1c(C(=O)NCCCN2CCCCC2)oc2ccc3c(c12)[C@H](O)CC1(CCCCC1)O3. The Hall–Kier alpha value is -2.05. The molecular formula is C26H36N2O4. The summed E-state index contributed by atoms with van der Waals surface area (Å²) in [6, 6.07) is 3.78. The summed E-state index contributed by atoms with van der Waals surface area (Å²) in [4.78, 5) is 15.3. The highest BCUT2D eigenvalue weighted by molar-refractivity contribution is 6.00. The van der Waals surface area contributed by atoms with Gasteiger partial charge in [-0.15, -0.1) is 0 Å². The van der Waals surface area contributed by atoms with Crippen LogP contribution in [-0.4, -0.2) is 47.7 Å². The summed E-state index contributed by atoms with van der Waals surface area (Å²) in [5.74, 6) is 0.910. The number of rotatable bonds is 5. The Morgan fingerprint density at radius 2 is 1.91 bits per heavy atom. The maximum absolute atomic E-state index is 12.9. The van der Waals surface area contributed by atoms with E-state index in [1.165, 1.54) is 38.8 Å². The first-order chi connectivity index (χ1) is 15.6. The molecule has 1 aliphatic carbocycles. The third-order valence-electron chi connectivity index (χ3n) is 7.68. The number of nitrogens with one attached hydrogen (secondary N) is 1. The normalized spacial score (nSPS) is 23.1. The summed E-state index contributed by atoms with van der Waals surface area (Å²) in [5.41, 5.74) is 1.96. The molecule has 2 fully saturated rings. The van der Waals surface area contributed by atoms with E-state index in [4.69, 9.17) is 9.15 Å². The van der Waals surface area contributed by atoms with Gasteiger partial charge in [0.2, 0.25) is 0 Å². The van der Waals surface area contributed by atoms with Crippen molar-refractivity contribution in [3.8, 4) is 5.75 Å². The number of amides is 1. The van der Waals surface area contributed by atoms with Crippen molar-refractivity contribution >= 4 is 16.9 Å². The van der Waals surface area contributed by atoms with E-state index >= 15 is 0 Å². The highest BCUT2D eigenvalue weighted by Crippen LogP contribution is 2.49. The van der Waals surface area contributed by atoms with E-state index in [0.717, 1.165) is 60.9 Å². The van der Waals surface area contributed by atoms with Crippen molar-refractivity contribution in [2.24, 2.45) is 0 Å². The van der Waals surface area contributed by atoms with Gasteiger partial charge in [0.15, 0.2) is 5.76 Å². The number of carbonyl (C=O) groups excluding carboxylic acids is 1. The molecule has 2 aromatic rings. The Kier molecular flexibility index (Phi) is 6.17. The van der Waals surface area contributed by atoms with Gasteiger partial charge in [-0.3, -0.25) is 4.79 Å². The van der Waals surface area contributed by atoms with E-state index in [1.807, 2.05) is 19.1 Å². The fraction of sp³-hybridized carbons (Fsp3) is 0.654. The lowest BCUT2D eigenvalue weighted by Crippen LogP contribution is -2.42. The fourth-order valence-corrected chi connectivity index (χ4v) is 5.99. The zero-order valence-electron chi connectivity index (χ0n) is 19.3. The number of ether oxygens (including phenoxy) is 1. The van der Waals surface area contributed by atoms with Gasteiger partial charge < -0.3 is 24.5 Å². The average Bonchev–Trinajstić information content (AvgIpc) is 3.14. The number of likely N-dealkylation sites (tertiary alicyclic amines) is 1. The van der Waals surface area contributed by atoms with Crippen molar-refractivity contribution < 1.29 is 19.1 Å². The van der Waals surface area contributed by atoms with E-state index < -0.39 is 6.10 Å². The number of aliphatic hydroxyl groups is 1. The number of piperidine rings is 1. The summed E-state index contributed by atoms with van der Waals surface area (Å²) >= 11 is 0. The molecule has 1 aromatic carbocycles. The summed E-state index contributed by atoms with van der Waals surface area (Å²) in [5, 5.41) is 15.0. The molecule has 3 heterocycles. The van der Waals surface area contributed by atoms with Crippen molar-refractivity contribution in [2.75, 3.05) is 26.2 Å². The smallest absolute Gasteiger partial charge is 0.287 e. The molecule has 1 spiro atoms. The Labute approximate surface area is 190 Å². The largest absolute Gasteiger partial charge is 0.487 e. The van der Waals surface area contributed by atoms with Crippen molar-refractivity contribution in [2.45, 2.75) is 82.8 Å². The molecular weight excluding hydrogens is 404 g/mol. The van der Waals surface area contributed by atoms with Crippen LogP contribution in [0.4, 0.5) is 0 Å². The van der Waals surface area contributed by atoms with Gasteiger partial charge in [-0.2, -0.15) is 0 Å². The second-order valence-electron chi connectivity index (χ2n) is 9.98. The minimum atomic E-state index is -0.600. The number of benzene rings is 1. The van der Waals surface area contributed by atoms with E-state index in [2.05, 4.69) is 10.2 Å². The molecule has 0 radical (unpaired) electrons. The molecule has 2 aliphatic heterocycles. The zero-order chi connectivity index (χ0) is 22.1. The van der Waals surface area contributed by atoms with Gasteiger partial charge >= 0.3 is 0 Å². The molecule has 1 saturated heterocycles. The lowest BCUT2D eigenvalue weighted by molar-refractivity contribution is -0.0373. The Bertz CT molecular complexity index is 970. The molecule has 2 N–H and O–H groups in total. The highest BCUT2D eigenvalue weighted by Gasteiger charge is 2.42. The first kappa shape index (κ1) is 21.8. The Balaban J connectivity index is 1.31. The highest BCUT2D eigenvalue weighted by atomic mass is 16.5. The van der Waals surface area contributed by atoms with Crippen LogP contribution in [0.5, 0.6) is 5.75 Å². The number of furan rings is 1. The summed E-state index contributed by atoms with van der Waals surface area (Å²) in [6.07, 6.45) is 10.4. The molecule has 32 heavy (non-hydrogen) atoms. The molecule has 1 saturated carbocycles. The number of carbonyl (C=O) groups is 1. The number of fused-ring (bicyclic) bond motifs is 3. The van der Waals surface area contributed by atoms with Crippen molar-refractivity contribution in [1.29, 1.82) is 0 Å². The van der Waals surface area contributed by atoms with E-state index in [9.17, 15) is 9.90 Å². The van der Waals surface area contributed by atoms with Crippen LogP contribution in [0, 0.1) is 6.92 Å². The maximum atomic E-state index is 12.9. The van der Waals surface area contributed by atoms with Crippen LogP contribution < -0.4 is 10.1 Å². The van der Waals surface area contributed by atoms with Crippen LogP contribution in [0.1, 0.15) is 92.0 Å². The number of nitrogens with zero attached hydrogens (tertiary/aromatic N) is 1. The number of aryl methyl sites for hydroxylation is 1. The predicted molar refractivity (Wildman–Crippen MR) is 124 cm³/mol. The lowest BCUT2D eigenvalue weighted by Gasteiger charge is -2.43. The summed E-state index contributed by atoms with van der Waals surface area (Å²) < 4.78 is 12.5. The third-order valence-corrected chi connectivity index (χ3v) is 7.68. The van der Waals surface area contributed by atoms with Gasteiger partial charge in [-0.25, -0.2) is 0 Å². The quantitative estimate of drug-likeness (QED) is 0.649. The standard InChI is InChI=1S/C26H36N2O4/c1-18-22-20(31-24(18)25(30)27-13-8-16-28-14-6-3-7-15-28)9-10-21-23(22)19(29)17-26(32-21)11-4-2-5-12-26/h9-10,19,29H,2-8,11-17H2,1H3,(H,27,30)/t19-/m1/s1. The maximum Gasteiger partial charge on any atom is 0.287 e. The van der Waals surface area contributed by atoms with Gasteiger partial charge in [0, 0.05) is 29.5 Å². The van der Waals surface area contributed by atoms with E-state index in [1.54, 1.807) is 0 Å². The average molecular weight is 441 g/mol.